The fourth-order valence-electron chi connectivity index (χ4n) is 3.76. The Hall–Kier alpha value is -3.94. The van der Waals surface area contributed by atoms with Gasteiger partial charge in [0.15, 0.2) is 11.2 Å². The summed E-state index contributed by atoms with van der Waals surface area (Å²) in [6.45, 7) is 3.88. The van der Waals surface area contributed by atoms with E-state index in [0.717, 1.165) is 0 Å². The zero-order valence-corrected chi connectivity index (χ0v) is 15.6. The first-order chi connectivity index (χ1) is 13.9. The van der Waals surface area contributed by atoms with Crippen molar-refractivity contribution in [3.8, 4) is 22.6 Å². The highest BCUT2D eigenvalue weighted by molar-refractivity contribution is 6.15. The third-order valence-electron chi connectivity index (χ3n) is 5.11. The highest BCUT2D eigenvalue weighted by Crippen LogP contribution is 2.40. The number of aromatic nitrogens is 3. The molecule has 0 aliphatic carbocycles. The number of furan rings is 1. The van der Waals surface area contributed by atoms with E-state index < -0.39 is 11.2 Å². The van der Waals surface area contributed by atoms with E-state index in [1.807, 2.05) is 13.8 Å². The van der Waals surface area contributed by atoms with E-state index >= 15 is 0 Å². The molecule has 5 aromatic rings. The van der Waals surface area contributed by atoms with E-state index in [4.69, 9.17) is 4.42 Å². The molecule has 0 unspecified atom stereocenters. The monoisotopic (exact) mass is 391 g/mol. The van der Waals surface area contributed by atoms with Crippen molar-refractivity contribution in [2.24, 2.45) is 0 Å². The van der Waals surface area contributed by atoms with E-state index in [9.17, 15) is 19.8 Å². The number of phenols is 2. The standard InChI is InChI=1S/C21H17N3O5/c1-9(2)24-20-15(21(28)23-24)14(10-3-5-11(25)6-4-10)19-16(22-20)12-7-8-13(26)17(27)18(12)29-19/h3-9,22,25,27H,1-2H3,(H,23,28). The average molecular weight is 391 g/mol. The molecular weight excluding hydrogens is 374 g/mol. The smallest absolute Gasteiger partial charge is 0.274 e. The van der Waals surface area contributed by atoms with Gasteiger partial charge in [0.2, 0.25) is 11.2 Å². The molecule has 0 fully saturated rings. The van der Waals surface area contributed by atoms with Gasteiger partial charge >= 0.3 is 0 Å². The Morgan fingerprint density at radius 3 is 2.41 bits per heavy atom. The van der Waals surface area contributed by atoms with Gasteiger partial charge in [-0.25, -0.2) is 0 Å². The molecule has 0 aliphatic rings. The highest BCUT2D eigenvalue weighted by atomic mass is 16.4. The Balaban J connectivity index is 2.07. The first-order valence-corrected chi connectivity index (χ1v) is 9.11. The van der Waals surface area contributed by atoms with Crippen molar-refractivity contribution in [2.75, 3.05) is 0 Å². The molecule has 3 heterocycles. The second-order valence-electron chi connectivity index (χ2n) is 7.27. The molecule has 3 aromatic heterocycles. The summed E-state index contributed by atoms with van der Waals surface area (Å²) in [4.78, 5) is 28.0. The van der Waals surface area contributed by atoms with E-state index in [2.05, 4.69) is 10.1 Å². The summed E-state index contributed by atoms with van der Waals surface area (Å²) in [5.41, 5.74) is 1.83. The Morgan fingerprint density at radius 1 is 1.00 bits per heavy atom. The van der Waals surface area contributed by atoms with Gasteiger partial charge in [-0.3, -0.25) is 19.4 Å². The van der Waals surface area contributed by atoms with E-state index in [1.165, 1.54) is 18.2 Å². The van der Waals surface area contributed by atoms with Crippen LogP contribution in [0.4, 0.5) is 0 Å². The average Bonchev–Trinajstić information content (AvgIpc) is 3.22. The van der Waals surface area contributed by atoms with Crippen LogP contribution in [0.25, 0.3) is 44.2 Å². The minimum Gasteiger partial charge on any atom is -0.508 e. The molecule has 0 atom stereocenters. The normalized spacial score (nSPS) is 12.0. The topological polar surface area (TPSA) is 124 Å². The number of fused-ring (bicyclic) bond motifs is 4. The zero-order valence-electron chi connectivity index (χ0n) is 15.6. The molecule has 0 spiro atoms. The maximum atomic E-state index is 12.9. The van der Waals surface area contributed by atoms with Crippen LogP contribution in [0.5, 0.6) is 11.5 Å². The van der Waals surface area contributed by atoms with Crippen molar-refractivity contribution < 1.29 is 14.6 Å². The number of aromatic hydroxyl groups is 2. The Bertz CT molecular complexity index is 1530. The summed E-state index contributed by atoms with van der Waals surface area (Å²) in [6, 6.07) is 9.24. The number of nitrogens with one attached hydrogen (secondary N) is 2. The lowest BCUT2D eigenvalue weighted by Gasteiger charge is -2.10. The molecule has 2 aromatic carbocycles. The number of hydrogen-bond acceptors (Lipinski definition) is 5. The maximum absolute atomic E-state index is 12.9. The molecule has 0 amide bonds. The molecule has 146 valence electrons. The molecule has 0 saturated carbocycles. The quantitative estimate of drug-likeness (QED) is 0.366. The molecular formula is C21H17N3O5. The van der Waals surface area contributed by atoms with Crippen LogP contribution in [0.3, 0.4) is 0 Å². The number of H-pyrrole nitrogens is 2. The predicted octanol–water partition coefficient (Wildman–Crippen LogP) is 3.58. The lowest BCUT2D eigenvalue weighted by Crippen LogP contribution is -2.07. The van der Waals surface area contributed by atoms with Crippen molar-refractivity contribution in [1.82, 2.24) is 14.8 Å². The van der Waals surface area contributed by atoms with E-state index in [-0.39, 0.29) is 22.9 Å². The van der Waals surface area contributed by atoms with Crippen LogP contribution in [0, 0.1) is 0 Å². The minimum absolute atomic E-state index is 0.0265. The first-order valence-electron chi connectivity index (χ1n) is 9.11. The van der Waals surface area contributed by atoms with Gasteiger partial charge in [0.25, 0.3) is 5.56 Å². The molecule has 0 saturated heterocycles. The van der Waals surface area contributed by atoms with Crippen molar-refractivity contribution in [3.05, 3.63) is 57.0 Å². The van der Waals surface area contributed by atoms with Gasteiger partial charge in [0.05, 0.1) is 10.9 Å². The number of rotatable bonds is 2. The number of phenolic OH excluding ortho intramolecular Hbond substituents is 2. The lowest BCUT2D eigenvalue weighted by molar-refractivity contribution is 0.464. The molecule has 29 heavy (non-hydrogen) atoms. The third-order valence-corrected chi connectivity index (χ3v) is 5.11. The summed E-state index contributed by atoms with van der Waals surface area (Å²) in [7, 11) is 0. The zero-order chi connectivity index (χ0) is 20.4. The summed E-state index contributed by atoms with van der Waals surface area (Å²) in [6.07, 6.45) is 0. The molecule has 0 radical (unpaired) electrons. The largest absolute Gasteiger partial charge is 0.508 e. The Labute approximate surface area is 162 Å². The number of aromatic amines is 2. The fraction of sp³-hybridized carbons (Fsp3) is 0.143. The number of pyridine rings is 1. The van der Waals surface area contributed by atoms with Crippen molar-refractivity contribution in [3.63, 3.8) is 0 Å². The molecule has 8 nitrogen and oxygen atoms in total. The summed E-state index contributed by atoms with van der Waals surface area (Å²) in [5.74, 6) is -0.385. The van der Waals surface area contributed by atoms with Crippen LogP contribution < -0.4 is 11.0 Å². The van der Waals surface area contributed by atoms with Gasteiger partial charge in [-0.15, -0.1) is 0 Å². The molecule has 8 heteroatoms. The van der Waals surface area contributed by atoms with E-state index in [1.54, 1.807) is 22.9 Å². The van der Waals surface area contributed by atoms with Crippen LogP contribution in [0.1, 0.15) is 19.9 Å². The van der Waals surface area contributed by atoms with Crippen LogP contribution in [-0.2, 0) is 0 Å². The Kier molecular flexibility index (Phi) is 3.42. The van der Waals surface area contributed by atoms with Crippen LogP contribution in [0.2, 0.25) is 0 Å². The summed E-state index contributed by atoms with van der Waals surface area (Å²) in [5, 5.41) is 23.7. The fourth-order valence-corrected chi connectivity index (χ4v) is 3.76. The SMILES string of the molecule is CC(C)n1[nH]c(=O)c2c(-c3ccc(O)cc3)c3oc4c(O)c(=O)ccc4c3[nH]c21. The van der Waals surface area contributed by atoms with Gasteiger partial charge in [-0.05, 0) is 43.7 Å². The van der Waals surface area contributed by atoms with Crippen LogP contribution >= 0.6 is 0 Å². The van der Waals surface area contributed by atoms with Crippen molar-refractivity contribution in [1.29, 1.82) is 0 Å². The summed E-state index contributed by atoms with van der Waals surface area (Å²) >= 11 is 0. The van der Waals surface area contributed by atoms with Gasteiger partial charge in [-0.1, -0.05) is 12.1 Å². The number of nitrogens with zero attached hydrogens (tertiary/aromatic N) is 1. The van der Waals surface area contributed by atoms with Gasteiger partial charge < -0.3 is 19.6 Å². The molecule has 0 bridgehead atoms. The number of benzene rings is 2. The lowest BCUT2D eigenvalue weighted by atomic mass is 10.0. The Morgan fingerprint density at radius 2 is 1.72 bits per heavy atom. The number of hydrogen-bond donors (Lipinski definition) is 4. The molecule has 5 rings (SSSR count). The highest BCUT2D eigenvalue weighted by Gasteiger charge is 2.23. The second kappa shape index (κ2) is 5.78. The minimum atomic E-state index is -0.545. The van der Waals surface area contributed by atoms with Gasteiger partial charge in [-0.2, -0.15) is 0 Å². The van der Waals surface area contributed by atoms with Crippen molar-refractivity contribution >= 4 is 33.1 Å². The maximum Gasteiger partial charge on any atom is 0.274 e. The predicted molar refractivity (Wildman–Crippen MR) is 110 cm³/mol. The van der Waals surface area contributed by atoms with Crippen molar-refractivity contribution in [2.45, 2.75) is 19.9 Å². The van der Waals surface area contributed by atoms with Crippen LogP contribution in [0.15, 0.2) is 50.4 Å². The second-order valence-corrected chi connectivity index (χ2v) is 7.27. The van der Waals surface area contributed by atoms with Crippen LogP contribution in [-0.4, -0.2) is 25.0 Å². The first kappa shape index (κ1) is 17.2. The van der Waals surface area contributed by atoms with E-state index in [0.29, 0.717) is 38.6 Å². The molecule has 0 aliphatic heterocycles. The third kappa shape index (κ3) is 2.32. The van der Waals surface area contributed by atoms with Gasteiger partial charge in [0.1, 0.15) is 11.4 Å². The summed E-state index contributed by atoms with van der Waals surface area (Å²) < 4.78 is 7.63. The molecule has 4 N–H and O–H groups in total. The van der Waals surface area contributed by atoms with Gasteiger partial charge in [0, 0.05) is 17.0 Å².